The van der Waals surface area contributed by atoms with Crippen molar-refractivity contribution in [3.63, 3.8) is 0 Å². The predicted octanol–water partition coefficient (Wildman–Crippen LogP) is 3.40. The van der Waals surface area contributed by atoms with Crippen molar-refractivity contribution < 1.29 is 4.74 Å². The van der Waals surface area contributed by atoms with Gasteiger partial charge in [0.15, 0.2) is 0 Å². The van der Waals surface area contributed by atoms with Crippen LogP contribution in [0.2, 0.25) is 0 Å². The van der Waals surface area contributed by atoms with Gasteiger partial charge in [-0.25, -0.2) is 0 Å². The molecule has 23 heavy (non-hydrogen) atoms. The Balaban J connectivity index is 2.22. The number of pyridine rings is 1. The molecule has 0 amide bonds. The topological polar surface area (TPSA) is 76.4 Å². The van der Waals surface area contributed by atoms with Crippen molar-refractivity contribution >= 4 is 24.0 Å². The molecule has 5 nitrogen and oxygen atoms in total. The van der Waals surface area contributed by atoms with Crippen LogP contribution in [-0.2, 0) is 0 Å². The lowest BCUT2D eigenvalue weighted by molar-refractivity contribution is 0.115. The molecule has 0 aromatic carbocycles. The van der Waals surface area contributed by atoms with E-state index in [1.165, 1.54) is 48.6 Å². The Morgan fingerprint density at radius 2 is 2.22 bits per heavy atom. The molecule has 1 fully saturated rings. The zero-order valence-electron chi connectivity index (χ0n) is 14.0. The first-order valence-corrected chi connectivity index (χ1v) is 9.11. The van der Waals surface area contributed by atoms with Gasteiger partial charge in [0.25, 0.3) is 0 Å². The molecule has 1 aromatic heterocycles. The van der Waals surface area contributed by atoms with Crippen molar-refractivity contribution in [3.05, 3.63) is 29.9 Å². The summed E-state index contributed by atoms with van der Waals surface area (Å²) in [7, 11) is 0. The van der Waals surface area contributed by atoms with Crippen LogP contribution >= 0.6 is 11.9 Å². The van der Waals surface area contributed by atoms with Crippen molar-refractivity contribution in [2.24, 2.45) is 15.5 Å². The largest absolute Gasteiger partial charge is 0.492 e. The van der Waals surface area contributed by atoms with E-state index in [4.69, 9.17) is 15.9 Å². The lowest BCUT2D eigenvalue weighted by Crippen LogP contribution is -2.33. The van der Waals surface area contributed by atoms with Crippen LogP contribution in [0.25, 0.3) is 6.08 Å². The maximum absolute atomic E-state index is 8.14. The first-order valence-electron chi connectivity index (χ1n) is 7.92. The molecule has 0 spiro atoms. The number of nitrogens with two attached hydrogens (primary N) is 1. The fourth-order valence-corrected chi connectivity index (χ4v) is 3.23. The highest BCUT2D eigenvalue weighted by molar-refractivity contribution is 7.97. The van der Waals surface area contributed by atoms with Crippen LogP contribution in [0.4, 0.5) is 0 Å². The van der Waals surface area contributed by atoms with Crippen LogP contribution in [0.3, 0.4) is 0 Å². The summed E-state index contributed by atoms with van der Waals surface area (Å²) in [6.07, 6.45) is 11.6. The van der Waals surface area contributed by atoms with E-state index < -0.39 is 0 Å². The minimum atomic E-state index is 0.226. The van der Waals surface area contributed by atoms with Gasteiger partial charge >= 0.3 is 0 Å². The van der Waals surface area contributed by atoms with Crippen LogP contribution in [-0.4, -0.2) is 23.4 Å². The first-order chi connectivity index (χ1) is 11.0. The van der Waals surface area contributed by atoms with Crippen molar-refractivity contribution in [1.29, 1.82) is 5.41 Å². The molecule has 0 unspecified atom stereocenters. The molecule has 6 heteroatoms. The highest BCUT2D eigenvalue weighted by Gasteiger charge is 2.27. The van der Waals surface area contributed by atoms with Gasteiger partial charge in [-0.05, 0) is 24.8 Å². The lowest BCUT2D eigenvalue weighted by Gasteiger charge is -2.33. The minimum Gasteiger partial charge on any atom is -0.492 e. The van der Waals surface area contributed by atoms with E-state index >= 15 is 0 Å². The van der Waals surface area contributed by atoms with E-state index in [2.05, 4.69) is 17.9 Å². The molecule has 0 radical (unpaired) electrons. The second-order valence-electron chi connectivity index (χ2n) is 6.34. The summed E-state index contributed by atoms with van der Waals surface area (Å²) in [6.45, 7) is 6.80. The van der Waals surface area contributed by atoms with Crippen LogP contribution in [0.1, 0.15) is 44.6 Å². The molecule has 1 aliphatic carbocycles. The highest BCUT2D eigenvalue weighted by Crippen LogP contribution is 2.36. The van der Waals surface area contributed by atoms with Gasteiger partial charge in [0.05, 0.1) is 6.61 Å². The van der Waals surface area contributed by atoms with Crippen LogP contribution < -0.4 is 16.0 Å². The monoisotopic (exact) mass is 334 g/mol. The van der Waals surface area contributed by atoms with Gasteiger partial charge in [0, 0.05) is 29.5 Å². The van der Waals surface area contributed by atoms with Gasteiger partial charge in [-0.1, -0.05) is 38.8 Å². The Morgan fingerprint density at radius 1 is 1.52 bits per heavy atom. The van der Waals surface area contributed by atoms with Gasteiger partial charge in [-0.15, -0.1) is 0 Å². The van der Waals surface area contributed by atoms with Gasteiger partial charge in [-0.2, -0.15) is 4.40 Å². The second kappa shape index (κ2) is 7.73. The molecule has 1 aliphatic rings. The fraction of sp³-hybridized carbons (Fsp3) is 0.529. The summed E-state index contributed by atoms with van der Waals surface area (Å²) in [4.78, 5) is 0. The smallest absolute Gasteiger partial charge is 0.212 e. The molecular formula is C17H26N4OS. The Labute approximate surface area is 142 Å². The van der Waals surface area contributed by atoms with Gasteiger partial charge < -0.3 is 10.5 Å². The van der Waals surface area contributed by atoms with Gasteiger partial charge in [-0.3, -0.25) is 9.98 Å². The lowest BCUT2D eigenvalue weighted by atomic mass is 9.76. The summed E-state index contributed by atoms with van der Waals surface area (Å²) < 4.78 is 11.7. The highest BCUT2D eigenvalue weighted by atomic mass is 32.2. The molecule has 126 valence electrons. The zero-order chi connectivity index (χ0) is 16.9. The minimum absolute atomic E-state index is 0.226. The number of ether oxygens (including phenoxy) is 1. The second-order valence-corrected chi connectivity index (χ2v) is 6.89. The summed E-state index contributed by atoms with van der Waals surface area (Å²) >= 11 is 1.26. The zero-order valence-corrected chi connectivity index (χ0v) is 14.8. The summed E-state index contributed by atoms with van der Waals surface area (Å²) in [6, 6.07) is 1.69. The first kappa shape index (κ1) is 17.7. The van der Waals surface area contributed by atoms with Gasteiger partial charge in [0.1, 0.15) is 11.2 Å². The molecular weight excluding hydrogens is 308 g/mol. The third kappa shape index (κ3) is 4.41. The molecule has 1 heterocycles. The van der Waals surface area contributed by atoms with Gasteiger partial charge in [0.2, 0.25) is 5.96 Å². The standard InChI is InChI=1S/C17H26N4OS/c1-4-13-11-21(16(19)20-23-3)15(18)10-14(13)22-12-17(2)8-6-5-7-9-17/h4,10-11,18H,1,5-9,12H2,2-3H3,(H2,19,20). The molecule has 0 atom stereocenters. The maximum atomic E-state index is 8.14. The summed E-state index contributed by atoms with van der Waals surface area (Å²) in [5, 5.41) is 8.14. The quantitative estimate of drug-likeness (QED) is 0.492. The van der Waals surface area contributed by atoms with Crippen molar-refractivity contribution in [1.82, 2.24) is 4.57 Å². The number of rotatable bonds is 5. The number of hydrogen-bond donors (Lipinski definition) is 2. The molecule has 1 saturated carbocycles. The normalized spacial score (nSPS) is 17.7. The van der Waals surface area contributed by atoms with E-state index in [1.807, 2.05) is 6.26 Å². The van der Waals surface area contributed by atoms with Crippen molar-refractivity contribution in [2.75, 3.05) is 12.9 Å². The van der Waals surface area contributed by atoms with E-state index in [1.54, 1.807) is 18.3 Å². The molecule has 2 rings (SSSR count). The summed E-state index contributed by atoms with van der Waals surface area (Å²) in [5.74, 6) is 0.960. The molecule has 0 bridgehead atoms. The molecule has 0 aliphatic heterocycles. The number of hydrogen-bond acceptors (Lipinski definition) is 4. The fourth-order valence-electron chi connectivity index (χ4n) is 2.96. The van der Waals surface area contributed by atoms with Crippen LogP contribution in [0.5, 0.6) is 5.75 Å². The van der Waals surface area contributed by atoms with Crippen molar-refractivity contribution in [2.45, 2.75) is 39.0 Å². The summed E-state index contributed by atoms with van der Waals surface area (Å²) in [5.41, 5.74) is 7.18. The van der Waals surface area contributed by atoms with E-state index in [0.717, 1.165) is 5.56 Å². The molecule has 0 saturated heterocycles. The van der Waals surface area contributed by atoms with Crippen molar-refractivity contribution in [3.8, 4) is 5.75 Å². The molecule has 1 aromatic rings. The van der Waals surface area contributed by atoms with E-state index in [9.17, 15) is 0 Å². The van der Waals surface area contributed by atoms with E-state index in [0.29, 0.717) is 12.4 Å². The number of nitrogens with one attached hydrogen (secondary N) is 1. The Bertz CT molecular complexity index is 644. The Kier molecular flexibility index (Phi) is 5.93. The average Bonchev–Trinajstić information content (AvgIpc) is 2.54. The third-order valence-corrected chi connectivity index (χ3v) is 4.74. The average molecular weight is 334 g/mol. The van der Waals surface area contributed by atoms with Crippen LogP contribution in [0.15, 0.2) is 23.2 Å². The van der Waals surface area contributed by atoms with E-state index in [-0.39, 0.29) is 16.9 Å². The Hall–Kier alpha value is -1.69. The number of aromatic nitrogens is 1. The number of nitrogens with zero attached hydrogens (tertiary/aromatic N) is 2. The third-order valence-electron chi connectivity index (χ3n) is 4.37. The maximum Gasteiger partial charge on any atom is 0.212 e. The predicted molar refractivity (Wildman–Crippen MR) is 97.6 cm³/mol. The Morgan fingerprint density at radius 3 is 2.83 bits per heavy atom. The van der Waals surface area contributed by atoms with Crippen LogP contribution in [0, 0.1) is 10.8 Å². The molecule has 3 N–H and O–H groups in total. The SMILES string of the molecule is C=Cc1cn(/C(N)=N/SC)c(=N)cc1OCC1(C)CCCCC1.